The van der Waals surface area contributed by atoms with Crippen LogP contribution in [0.2, 0.25) is 0 Å². The third-order valence-corrected chi connectivity index (χ3v) is 3.63. The van der Waals surface area contributed by atoms with E-state index in [4.69, 9.17) is 5.11 Å². The summed E-state index contributed by atoms with van der Waals surface area (Å²) in [5, 5.41) is 13.1. The lowest BCUT2D eigenvalue weighted by Gasteiger charge is -2.15. The van der Waals surface area contributed by atoms with Gasteiger partial charge in [0.15, 0.2) is 0 Å². The largest absolute Gasteiger partial charge is 0.396 e. The van der Waals surface area contributed by atoms with Gasteiger partial charge < -0.3 is 15.4 Å². The third kappa shape index (κ3) is 3.61. The molecule has 2 aromatic rings. The highest BCUT2D eigenvalue weighted by molar-refractivity contribution is 5.84. The summed E-state index contributed by atoms with van der Waals surface area (Å²) >= 11 is 0. The molecule has 0 aliphatic rings. The van der Waals surface area contributed by atoms with Gasteiger partial charge in [-0.3, -0.25) is 4.79 Å². The van der Waals surface area contributed by atoms with Crippen LogP contribution < -0.4 is 5.32 Å². The Morgan fingerprint density at radius 1 is 1.40 bits per heavy atom. The summed E-state index contributed by atoms with van der Waals surface area (Å²) in [7, 11) is 0. The van der Waals surface area contributed by atoms with E-state index in [1.165, 1.54) is 10.9 Å². The van der Waals surface area contributed by atoms with Gasteiger partial charge in [-0.05, 0) is 30.9 Å². The van der Waals surface area contributed by atoms with E-state index in [2.05, 4.69) is 16.4 Å². The first-order valence-corrected chi connectivity index (χ1v) is 7.19. The number of H-pyrrole nitrogens is 1. The van der Waals surface area contributed by atoms with Crippen LogP contribution in [0.15, 0.2) is 30.5 Å². The number of aryl methyl sites for hydroxylation is 1. The molecular weight excluding hydrogens is 252 g/mol. The Labute approximate surface area is 119 Å². The number of para-hydroxylation sites is 1. The van der Waals surface area contributed by atoms with Crippen molar-refractivity contribution >= 4 is 16.8 Å². The molecule has 1 unspecified atom stereocenters. The highest BCUT2D eigenvalue weighted by atomic mass is 16.3. The molecule has 1 aromatic heterocycles. The van der Waals surface area contributed by atoms with Gasteiger partial charge in [-0.15, -0.1) is 0 Å². The highest BCUT2D eigenvalue weighted by Gasteiger charge is 2.11. The molecule has 3 N–H and O–H groups in total. The first-order chi connectivity index (χ1) is 9.74. The third-order valence-electron chi connectivity index (χ3n) is 3.63. The van der Waals surface area contributed by atoms with Crippen molar-refractivity contribution in [2.75, 3.05) is 6.61 Å². The molecule has 0 saturated carbocycles. The molecule has 0 radical (unpaired) electrons. The Bertz CT molecular complexity index is 562. The topological polar surface area (TPSA) is 65.1 Å². The van der Waals surface area contributed by atoms with Gasteiger partial charge in [-0.2, -0.15) is 0 Å². The molecule has 2 rings (SSSR count). The molecule has 1 atom stereocenters. The van der Waals surface area contributed by atoms with Crippen molar-refractivity contribution in [3.05, 3.63) is 36.0 Å². The van der Waals surface area contributed by atoms with Crippen molar-refractivity contribution in [3.8, 4) is 0 Å². The molecule has 1 amide bonds. The number of carbonyl (C=O) groups is 1. The number of amides is 1. The number of aromatic amines is 1. The van der Waals surface area contributed by atoms with Crippen LogP contribution in [0.5, 0.6) is 0 Å². The van der Waals surface area contributed by atoms with E-state index in [0.29, 0.717) is 12.8 Å². The predicted octanol–water partition coefficient (Wildman–Crippen LogP) is 2.38. The second-order valence-electron chi connectivity index (χ2n) is 5.04. The minimum atomic E-state index is 0.0515. The van der Waals surface area contributed by atoms with Crippen molar-refractivity contribution in [2.24, 2.45) is 0 Å². The molecule has 0 aliphatic carbocycles. The summed E-state index contributed by atoms with van der Waals surface area (Å²) in [5.74, 6) is 0.0515. The average molecular weight is 274 g/mol. The maximum absolute atomic E-state index is 11.9. The van der Waals surface area contributed by atoms with Crippen molar-refractivity contribution < 1.29 is 9.90 Å². The second kappa shape index (κ2) is 7.10. The summed E-state index contributed by atoms with van der Waals surface area (Å²) in [6, 6.07) is 8.19. The van der Waals surface area contributed by atoms with Crippen molar-refractivity contribution in [1.29, 1.82) is 0 Å². The minimum Gasteiger partial charge on any atom is -0.396 e. The Morgan fingerprint density at radius 3 is 2.95 bits per heavy atom. The van der Waals surface area contributed by atoms with Gasteiger partial charge in [0.2, 0.25) is 5.91 Å². The number of hydrogen-bond donors (Lipinski definition) is 3. The van der Waals surface area contributed by atoms with Gasteiger partial charge in [0, 0.05) is 36.2 Å². The SMILES string of the molecule is CCC(CCO)NC(=O)CCc1c[nH]c2ccccc12. The summed E-state index contributed by atoms with van der Waals surface area (Å²) in [6.45, 7) is 2.13. The van der Waals surface area contributed by atoms with Crippen LogP contribution in [0.25, 0.3) is 10.9 Å². The lowest BCUT2D eigenvalue weighted by molar-refractivity contribution is -0.121. The predicted molar refractivity (Wildman–Crippen MR) is 80.5 cm³/mol. The Balaban J connectivity index is 1.90. The number of nitrogens with one attached hydrogen (secondary N) is 2. The van der Waals surface area contributed by atoms with E-state index in [1.54, 1.807) is 0 Å². The molecule has 4 heteroatoms. The second-order valence-corrected chi connectivity index (χ2v) is 5.04. The van der Waals surface area contributed by atoms with Crippen molar-refractivity contribution in [3.63, 3.8) is 0 Å². The average Bonchev–Trinajstić information content (AvgIpc) is 2.88. The zero-order chi connectivity index (χ0) is 14.4. The van der Waals surface area contributed by atoms with Gasteiger partial charge in [-0.1, -0.05) is 25.1 Å². The quantitative estimate of drug-likeness (QED) is 0.725. The summed E-state index contributed by atoms with van der Waals surface area (Å²) in [6.07, 6.45) is 4.65. The summed E-state index contributed by atoms with van der Waals surface area (Å²) in [5.41, 5.74) is 2.28. The van der Waals surface area contributed by atoms with E-state index in [-0.39, 0.29) is 18.6 Å². The summed E-state index contributed by atoms with van der Waals surface area (Å²) < 4.78 is 0. The molecule has 0 aliphatic heterocycles. The molecule has 1 aromatic carbocycles. The van der Waals surface area contributed by atoms with Crippen LogP contribution in [0.4, 0.5) is 0 Å². The number of hydrogen-bond acceptors (Lipinski definition) is 2. The highest BCUT2D eigenvalue weighted by Crippen LogP contribution is 2.18. The number of carbonyl (C=O) groups excluding carboxylic acids is 1. The van der Waals surface area contributed by atoms with Crippen LogP contribution >= 0.6 is 0 Å². The van der Waals surface area contributed by atoms with Crippen LogP contribution in [0.1, 0.15) is 31.7 Å². The first-order valence-electron chi connectivity index (χ1n) is 7.19. The maximum atomic E-state index is 11.9. The lowest BCUT2D eigenvalue weighted by Crippen LogP contribution is -2.35. The zero-order valence-electron chi connectivity index (χ0n) is 11.9. The van der Waals surface area contributed by atoms with E-state index in [0.717, 1.165) is 18.4 Å². The number of rotatable bonds is 7. The molecule has 0 spiro atoms. The van der Waals surface area contributed by atoms with Crippen LogP contribution in [0.3, 0.4) is 0 Å². The van der Waals surface area contributed by atoms with Gasteiger partial charge in [0.05, 0.1) is 0 Å². The Hall–Kier alpha value is -1.81. The number of benzene rings is 1. The number of aliphatic hydroxyl groups is 1. The van der Waals surface area contributed by atoms with Crippen LogP contribution in [0, 0.1) is 0 Å². The summed E-state index contributed by atoms with van der Waals surface area (Å²) in [4.78, 5) is 15.1. The van der Waals surface area contributed by atoms with Crippen LogP contribution in [-0.4, -0.2) is 28.6 Å². The normalized spacial score (nSPS) is 12.5. The molecule has 108 valence electrons. The molecule has 1 heterocycles. The Kier molecular flexibility index (Phi) is 5.18. The fourth-order valence-corrected chi connectivity index (χ4v) is 2.42. The molecular formula is C16H22N2O2. The van der Waals surface area contributed by atoms with Crippen molar-refractivity contribution in [1.82, 2.24) is 10.3 Å². The van der Waals surface area contributed by atoms with E-state index >= 15 is 0 Å². The number of fused-ring (bicyclic) bond motifs is 1. The Morgan fingerprint density at radius 2 is 2.20 bits per heavy atom. The lowest BCUT2D eigenvalue weighted by atomic mass is 10.1. The standard InChI is InChI=1S/C16H22N2O2/c1-2-13(9-10-19)18-16(20)8-7-12-11-17-15-6-4-3-5-14(12)15/h3-6,11,13,17,19H,2,7-10H2,1H3,(H,18,20). The number of aromatic nitrogens is 1. The molecule has 0 bridgehead atoms. The van der Waals surface area contributed by atoms with E-state index < -0.39 is 0 Å². The monoisotopic (exact) mass is 274 g/mol. The number of aliphatic hydroxyl groups excluding tert-OH is 1. The van der Waals surface area contributed by atoms with Crippen molar-refractivity contribution in [2.45, 2.75) is 38.6 Å². The van der Waals surface area contributed by atoms with Gasteiger partial charge in [0.1, 0.15) is 0 Å². The fourth-order valence-electron chi connectivity index (χ4n) is 2.42. The van der Waals surface area contributed by atoms with Crippen LogP contribution in [-0.2, 0) is 11.2 Å². The fraction of sp³-hybridized carbons (Fsp3) is 0.438. The maximum Gasteiger partial charge on any atom is 0.220 e. The van der Waals surface area contributed by atoms with Gasteiger partial charge in [-0.25, -0.2) is 0 Å². The molecule has 0 saturated heterocycles. The molecule has 0 fully saturated rings. The van der Waals surface area contributed by atoms with E-state index in [1.807, 2.05) is 31.3 Å². The molecule has 4 nitrogen and oxygen atoms in total. The van der Waals surface area contributed by atoms with Gasteiger partial charge in [0.25, 0.3) is 0 Å². The molecule has 20 heavy (non-hydrogen) atoms. The minimum absolute atomic E-state index is 0.0515. The van der Waals surface area contributed by atoms with Gasteiger partial charge >= 0.3 is 0 Å². The first kappa shape index (κ1) is 14.6. The van der Waals surface area contributed by atoms with E-state index in [9.17, 15) is 4.79 Å². The smallest absolute Gasteiger partial charge is 0.220 e. The zero-order valence-corrected chi connectivity index (χ0v) is 11.9.